The number of anilines is 1. The third-order valence-electron chi connectivity index (χ3n) is 3.57. The number of pyridine rings is 1. The van der Waals surface area contributed by atoms with Gasteiger partial charge in [0.25, 0.3) is 5.91 Å². The number of imidazole rings is 1. The van der Waals surface area contributed by atoms with Crippen molar-refractivity contribution in [3.63, 3.8) is 0 Å². The van der Waals surface area contributed by atoms with Gasteiger partial charge in [-0.05, 0) is 36.8 Å². The molecule has 0 atom stereocenters. The summed E-state index contributed by atoms with van der Waals surface area (Å²) in [5.41, 5.74) is 1.64. The summed E-state index contributed by atoms with van der Waals surface area (Å²) in [6.07, 6.45) is 1.70. The van der Waals surface area contributed by atoms with Gasteiger partial charge >= 0.3 is 5.97 Å². The molecule has 0 saturated carbocycles. The number of carboxylic acid groups (broad SMARTS) is 1. The Balaban J connectivity index is 2.01. The van der Waals surface area contributed by atoms with Crippen molar-refractivity contribution < 1.29 is 19.1 Å². The number of halogens is 1. The standard InChI is InChI=1S/C17H14FN3O3/c1-2-13-15(21-9-11(18)6-7-14(21)20-13)16(22)19-12-5-3-4-10(8-12)17(23)24/h3-9H,2H2,1H3,(H,19,22)(H,23,24). The number of nitrogens with zero attached hydrogens (tertiary/aromatic N) is 2. The number of aromatic nitrogens is 2. The Morgan fingerprint density at radius 2 is 2.08 bits per heavy atom. The fourth-order valence-corrected chi connectivity index (χ4v) is 2.47. The molecule has 0 aliphatic heterocycles. The first kappa shape index (κ1) is 15.7. The lowest BCUT2D eigenvalue weighted by molar-refractivity contribution is 0.0696. The number of carboxylic acids is 1. The minimum Gasteiger partial charge on any atom is -0.478 e. The van der Waals surface area contributed by atoms with E-state index in [0.717, 1.165) is 0 Å². The third-order valence-corrected chi connectivity index (χ3v) is 3.57. The highest BCUT2D eigenvalue weighted by atomic mass is 19.1. The summed E-state index contributed by atoms with van der Waals surface area (Å²) < 4.78 is 14.9. The molecule has 1 amide bonds. The second-order valence-corrected chi connectivity index (χ2v) is 5.18. The molecule has 0 aliphatic carbocycles. The molecule has 0 saturated heterocycles. The van der Waals surface area contributed by atoms with Crippen LogP contribution in [0, 0.1) is 5.82 Å². The van der Waals surface area contributed by atoms with Crippen LogP contribution in [0.2, 0.25) is 0 Å². The van der Waals surface area contributed by atoms with Crippen LogP contribution in [0.25, 0.3) is 5.65 Å². The van der Waals surface area contributed by atoms with E-state index in [1.807, 2.05) is 6.92 Å². The van der Waals surface area contributed by atoms with Crippen LogP contribution in [0.15, 0.2) is 42.6 Å². The zero-order valence-corrected chi connectivity index (χ0v) is 12.8. The number of aryl methyl sites for hydroxylation is 1. The van der Waals surface area contributed by atoms with Crippen LogP contribution in [0.5, 0.6) is 0 Å². The molecule has 0 unspecified atom stereocenters. The highest BCUT2D eigenvalue weighted by Gasteiger charge is 2.19. The molecule has 6 nitrogen and oxygen atoms in total. The number of rotatable bonds is 4. The number of fused-ring (bicyclic) bond motifs is 1. The van der Waals surface area contributed by atoms with E-state index in [2.05, 4.69) is 10.3 Å². The molecule has 3 rings (SSSR count). The average molecular weight is 327 g/mol. The van der Waals surface area contributed by atoms with Gasteiger partial charge in [-0.15, -0.1) is 0 Å². The molecular formula is C17H14FN3O3. The number of nitrogens with one attached hydrogen (secondary N) is 1. The van der Waals surface area contributed by atoms with Crippen molar-refractivity contribution in [3.05, 3.63) is 65.4 Å². The summed E-state index contributed by atoms with van der Waals surface area (Å²) in [6.45, 7) is 1.85. The van der Waals surface area contributed by atoms with E-state index >= 15 is 0 Å². The largest absolute Gasteiger partial charge is 0.478 e. The van der Waals surface area contributed by atoms with Gasteiger partial charge < -0.3 is 10.4 Å². The van der Waals surface area contributed by atoms with Crippen molar-refractivity contribution in [3.8, 4) is 0 Å². The molecule has 0 bridgehead atoms. The lowest BCUT2D eigenvalue weighted by Gasteiger charge is -2.07. The molecule has 7 heteroatoms. The van der Waals surface area contributed by atoms with E-state index in [9.17, 15) is 14.0 Å². The van der Waals surface area contributed by atoms with Crippen molar-refractivity contribution in [2.45, 2.75) is 13.3 Å². The molecule has 0 spiro atoms. The van der Waals surface area contributed by atoms with E-state index in [1.54, 1.807) is 6.07 Å². The first-order valence-corrected chi connectivity index (χ1v) is 7.30. The summed E-state index contributed by atoms with van der Waals surface area (Å²) in [6, 6.07) is 8.68. The highest BCUT2D eigenvalue weighted by molar-refractivity contribution is 6.05. The maximum atomic E-state index is 13.5. The van der Waals surface area contributed by atoms with E-state index in [-0.39, 0.29) is 11.3 Å². The predicted molar refractivity (Wildman–Crippen MR) is 85.9 cm³/mol. The van der Waals surface area contributed by atoms with Gasteiger partial charge in [-0.3, -0.25) is 9.20 Å². The Morgan fingerprint density at radius 1 is 1.29 bits per heavy atom. The molecule has 3 aromatic rings. The van der Waals surface area contributed by atoms with Crippen molar-refractivity contribution in [1.82, 2.24) is 9.38 Å². The van der Waals surface area contributed by atoms with E-state index in [4.69, 9.17) is 5.11 Å². The van der Waals surface area contributed by atoms with Gasteiger partial charge in [-0.25, -0.2) is 14.2 Å². The Hall–Kier alpha value is -3.22. The summed E-state index contributed by atoms with van der Waals surface area (Å²) in [4.78, 5) is 28.0. The Morgan fingerprint density at radius 3 is 2.79 bits per heavy atom. The number of benzene rings is 1. The first-order chi connectivity index (χ1) is 11.5. The molecule has 24 heavy (non-hydrogen) atoms. The van der Waals surface area contributed by atoms with Crippen LogP contribution in [0.3, 0.4) is 0 Å². The number of amides is 1. The fraction of sp³-hybridized carbons (Fsp3) is 0.118. The van der Waals surface area contributed by atoms with Crippen LogP contribution in [-0.2, 0) is 6.42 Å². The smallest absolute Gasteiger partial charge is 0.335 e. The summed E-state index contributed by atoms with van der Waals surface area (Å²) >= 11 is 0. The van der Waals surface area contributed by atoms with Crippen molar-refractivity contribution in [2.75, 3.05) is 5.32 Å². The summed E-state index contributed by atoms with van der Waals surface area (Å²) in [7, 11) is 0. The van der Waals surface area contributed by atoms with E-state index in [1.165, 1.54) is 40.9 Å². The highest BCUT2D eigenvalue weighted by Crippen LogP contribution is 2.18. The van der Waals surface area contributed by atoms with E-state index in [0.29, 0.717) is 23.4 Å². The van der Waals surface area contributed by atoms with Gasteiger partial charge in [0.05, 0.1) is 11.3 Å². The summed E-state index contributed by atoms with van der Waals surface area (Å²) in [5.74, 6) is -2.05. The monoisotopic (exact) mass is 327 g/mol. The normalized spacial score (nSPS) is 10.8. The molecule has 2 heterocycles. The maximum Gasteiger partial charge on any atom is 0.335 e. The van der Waals surface area contributed by atoms with Crippen LogP contribution in [0.4, 0.5) is 10.1 Å². The van der Waals surface area contributed by atoms with E-state index < -0.39 is 17.7 Å². The van der Waals surface area contributed by atoms with Gasteiger partial charge in [0.2, 0.25) is 0 Å². The third kappa shape index (κ3) is 2.83. The number of hydrogen-bond donors (Lipinski definition) is 2. The summed E-state index contributed by atoms with van der Waals surface area (Å²) in [5, 5.41) is 11.7. The van der Waals surface area contributed by atoms with Crippen LogP contribution in [0.1, 0.15) is 33.5 Å². The Bertz CT molecular complexity index is 949. The lowest BCUT2D eigenvalue weighted by atomic mass is 10.2. The fourth-order valence-electron chi connectivity index (χ4n) is 2.47. The molecule has 122 valence electrons. The Labute approximate surface area is 136 Å². The van der Waals surface area contributed by atoms with Gasteiger partial charge in [0, 0.05) is 11.9 Å². The second kappa shape index (κ2) is 6.11. The van der Waals surface area contributed by atoms with Gasteiger partial charge in [0.1, 0.15) is 17.2 Å². The number of carbonyl (C=O) groups excluding carboxylic acids is 1. The van der Waals surface area contributed by atoms with Crippen molar-refractivity contribution in [1.29, 1.82) is 0 Å². The van der Waals surface area contributed by atoms with Crippen LogP contribution < -0.4 is 5.32 Å². The van der Waals surface area contributed by atoms with Gasteiger partial charge in [-0.1, -0.05) is 13.0 Å². The number of carbonyl (C=O) groups is 2. The average Bonchev–Trinajstić information content (AvgIpc) is 2.92. The van der Waals surface area contributed by atoms with Crippen molar-refractivity contribution in [2.24, 2.45) is 0 Å². The molecule has 0 fully saturated rings. The minimum atomic E-state index is -1.09. The Kier molecular flexibility index (Phi) is 3.99. The first-order valence-electron chi connectivity index (χ1n) is 7.30. The molecule has 1 aromatic carbocycles. The van der Waals surface area contributed by atoms with Gasteiger partial charge in [0.15, 0.2) is 0 Å². The quantitative estimate of drug-likeness (QED) is 0.771. The zero-order chi connectivity index (χ0) is 17.3. The minimum absolute atomic E-state index is 0.0627. The number of hydrogen-bond acceptors (Lipinski definition) is 3. The molecule has 2 N–H and O–H groups in total. The molecule has 0 radical (unpaired) electrons. The second-order valence-electron chi connectivity index (χ2n) is 5.18. The van der Waals surface area contributed by atoms with Crippen LogP contribution >= 0.6 is 0 Å². The number of aromatic carboxylic acids is 1. The molecular weight excluding hydrogens is 313 g/mol. The zero-order valence-electron chi connectivity index (χ0n) is 12.8. The maximum absolute atomic E-state index is 13.5. The molecule has 2 aromatic heterocycles. The van der Waals surface area contributed by atoms with Gasteiger partial charge in [-0.2, -0.15) is 0 Å². The van der Waals surface area contributed by atoms with Crippen molar-refractivity contribution >= 4 is 23.2 Å². The SMILES string of the molecule is CCc1nc2ccc(F)cn2c1C(=O)Nc1cccc(C(=O)O)c1. The molecule has 0 aliphatic rings. The predicted octanol–water partition coefficient (Wildman–Crippen LogP) is 2.99. The lowest BCUT2D eigenvalue weighted by Crippen LogP contribution is -2.16. The van der Waals surface area contributed by atoms with Crippen LogP contribution in [-0.4, -0.2) is 26.4 Å². The topological polar surface area (TPSA) is 83.7 Å².